The lowest BCUT2D eigenvalue weighted by Crippen LogP contribution is -2.60. The predicted molar refractivity (Wildman–Crippen MR) is 87.2 cm³/mol. The van der Waals surface area contributed by atoms with Gasteiger partial charge in [0.15, 0.2) is 0 Å². The molecule has 0 aliphatic carbocycles. The van der Waals surface area contributed by atoms with E-state index in [2.05, 4.69) is 22.0 Å². The summed E-state index contributed by atoms with van der Waals surface area (Å²) in [6, 6.07) is 0. The van der Waals surface area contributed by atoms with E-state index in [1.807, 2.05) is 13.8 Å². The predicted octanol–water partition coefficient (Wildman–Crippen LogP) is 2.43. The van der Waals surface area contributed by atoms with Crippen molar-refractivity contribution in [3.63, 3.8) is 0 Å². The van der Waals surface area contributed by atoms with E-state index in [0.29, 0.717) is 0 Å². The van der Waals surface area contributed by atoms with Gasteiger partial charge in [0.2, 0.25) is 0 Å². The summed E-state index contributed by atoms with van der Waals surface area (Å²) < 4.78 is 0. The Hall–Kier alpha value is -0.120. The van der Waals surface area contributed by atoms with Crippen LogP contribution in [0.3, 0.4) is 0 Å². The monoisotopic (exact) mass is 281 g/mol. The van der Waals surface area contributed by atoms with Gasteiger partial charge in [-0.25, -0.2) is 0 Å². The van der Waals surface area contributed by atoms with Crippen molar-refractivity contribution in [2.24, 2.45) is 11.3 Å². The van der Waals surface area contributed by atoms with Crippen LogP contribution in [0.4, 0.5) is 0 Å². The number of hydrogen-bond donors (Lipinski definition) is 1. The highest BCUT2D eigenvalue weighted by Gasteiger charge is 2.43. The summed E-state index contributed by atoms with van der Waals surface area (Å²) in [5.74, 6) is 0.967. The summed E-state index contributed by atoms with van der Waals surface area (Å²) in [6.07, 6.45) is 5.69. The number of likely N-dealkylation sites (tertiary alicyclic amines) is 2. The third kappa shape index (κ3) is 3.96. The molecule has 0 amide bonds. The number of nitrogens with zero attached hydrogens (tertiary/aromatic N) is 2. The highest BCUT2D eigenvalue weighted by atomic mass is 15.2. The average Bonchev–Trinajstić information content (AvgIpc) is 2.49. The Balaban J connectivity index is 0.000000704. The third-order valence-electron chi connectivity index (χ3n) is 5.46. The Bertz CT molecular complexity index is 257. The number of nitrogens with one attached hydrogen (secondary N) is 1. The molecule has 0 aromatic carbocycles. The maximum atomic E-state index is 3.47. The van der Waals surface area contributed by atoms with Gasteiger partial charge in [0, 0.05) is 19.6 Å². The maximum Gasteiger partial charge on any atom is 0.00513 e. The van der Waals surface area contributed by atoms with Crippen LogP contribution in [0.25, 0.3) is 0 Å². The van der Waals surface area contributed by atoms with Gasteiger partial charge in [0.25, 0.3) is 0 Å². The molecule has 3 saturated heterocycles. The highest BCUT2D eigenvalue weighted by molar-refractivity contribution is 4.97. The SMILES string of the molecule is CC.CCN1CC2(CCN(CC3CCNCC3)CC2)C1. The van der Waals surface area contributed by atoms with Gasteiger partial charge < -0.3 is 15.1 Å². The maximum absolute atomic E-state index is 3.47. The first-order valence-electron chi connectivity index (χ1n) is 8.95. The minimum absolute atomic E-state index is 0.723. The van der Waals surface area contributed by atoms with Crippen molar-refractivity contribution in [2.75, 3.05) is 52.4 Å². The van der Waals surface area contributed by atoms with E-state index in [9.17, 15) is 0 Å². The summed E-state index contributed by atoms with van der Waals surface area (Å²) in [7, 11) is 0. The molecule has 3 fully saturated rings. The summed E-state index contributed by atoms with van der Waals surface area (Å²) in [4.78, 5) is 5.35. The first-order valence-corrected chi connectivity index (χ1v) is 8.95. The molecule has 0 aromatic rings. The third-order valence-corrected chi connectivity index (χ3v) is 5.46. The summed E-state index contributed by atoms with van der Waals surface area (Å²) in [5, 5.41) is 3.47. The van der Waals surface area contributed by atoms with Gasteiger partial charge in [-0.1, -0.05) is 20.8 Å². The lowest BCUT2D eigenvalue weighted by Gasteiger charge is -2.54. The Kier molecular flexibility index (Phi) is 6.31. The second-order valence-electron chi connectivity index (χ2n) is 6.80. The zero-order valence-corrected chi connectivity index (χ0v) is 14.0. The van der Waals surface area contributed by atoms with Gasteiger partial charge in [0.1, 0.15) is 0 Å². The van der Waals surface area contributed by atoms with Crippen molar-refractivity contribution in [1.82, 2.24) is 15.1 Å². The quantitative estimate of drug-likeness (QED) is 0.857. The molecule has 0 atom stereocenters. The topological polar surface area (TPSA) is 18.5 Å². The fourth-order valence-electron chi connectivity index (χ4n) is 4.08. The lowest BCUT2D eigenvalue weighted by atomic mass is 9.72. The van der Waals surface area contributed by atoms with Crippen molar-refractivity contribution < 1.29 is 0 Å². The number of rotatable bonds is 3. The van der Waals surface area contributed by atoms with E-state index in [-0.39, 0.29) is 0 Å². The van der Waals surface area contributed by atoms with E-state index in [4.69, 9.17) is 0 Å². The molecule has 3 aliphatic heterocycles. The smallest absolute Gasteiger partial charge is 0.00513 e. The lowest BCUT2D eigenvalue weighted by molar-refractivity contribution is -0.0460. The summed E-state index contributed by atoms with van der Waals surface area (Å²) in [6.45, 7) is 16.9. The van der Waals surface area contributed by atoms with E-state index in [1.54, 1.807) is 0 Å². The molecule has 3 nitrogen and oxygen atoms in total. The van der Waals surface area contributed by atoms with Crippen molar-refractivity contribution >= 4 is 0 Å². The highest BCUT2D eigenvalue weighted by Crippen LogP contribution is 2.40. The van der Waals surface area contributed by atoms with Crippen LogP contribution in [0, 0.1) is 11.3 Å². The fourth-order valence-corrected chi connectivity index (χ4v) is 4.08. The molecular formula is C17H35N3. The van der Waals surface area contributed by atoms with Crippen LogP contribution >= 0.6 is 0 Å². The Morgan fingerprint density at radius 1 is 1.00 bits per heavy atom. The minimum atomic E-state index is 0.723. The molecule has 0 saturated carbocycles. The molecule has 0 radical (unpaired) electrons. The molecule has 0 bridgehead atoms. The van der Waals surface area contributed by atoms with Gasteiger partial charge in [0.05, 0.1) is 0 Å². The van der Waals surface area contributed by atoms with E-state index in [0.717, 1.165) is 11.3 Å². The summed E-state index contributed by atoms with van der Waals surface area (Å²) >= 11 is 0. The van der Waals surface area contributed by atoms with Gasteiger partial charge >= 0.3 is 0 Å². The van der Waals surface area contributed by atoms with Crippen LogP contribution in [-0.4, -0.2) is 62.2 Å². The van der Waals surface area contributed by atoms with Crippen molar-refractivity contribution in [1.29, 1.82) is 0 Å². The van der Waals surface area contributed by atoms with Crippen molar-refractivity contribution in [3.8, 4) is 0 Å². The zero-order valence-electron chi connectivity index (χ0n) is 14.0. The molecule has 3 aliphatic rings. The Morgan fingerprint density at radius 2 is 1.60 bits per heavy atom. The molecule has 1 spiro atoms. The standard InChI is InChI=1S/C15H29N3.C2H6/c1-2-17-12-15(13-17)5-9-18(10-6-15)11-14-3-7-16-8-4-14;1-2/h14,16H,2-13H2,1H3;1-2H3. The summed E-state index contributed by atoms with van der Waals surface area (Å²) in [5.41, 5.74) is 0.723. The van der Waals surface area contributed by atoms with Crippen LogP contribution in [-0.2, 0) is 0 Å². The Labute approximate surface area is 126 Å². The molecular weight excluding hydrogens is 246 g/mol. The average molecular weight is 281 g/mol. The molecule has 0 unspecified atom stereocenters. The Morgan fingerprint density at radius 3 is 2.15 bits per heavy atom. The number of hydrogen-bond acceptors (Lipinski definition) is 3. The van der Waals surface area contributed by atoms with Crippen LogP contribution < -0.4 is 5.32 Å². The van der Waals surface area contributed by atoms with Crippen LogP contribution in [0.2, 0.25) is 0 Å². The molecule has 3 heterocycles. The molecule has 0 aromatic heterocycles. The number of piperidine rings is 2. The zero-order chi connectivity index (χ0) is 14.4. The van der Waals surface area contributed by atoms with Crippen molar-refractivity contribution in [3.05, 3.63) is 0 Å². The van der Waals surface area contributed by atoms with Crippen LogP contribution in [0.5, 0.6) is 0 Å². The normalized spacial score (nSPS) is 27.8. The van der Waals surface area contributed by atoms with E-state index in [1.165, 1.54) is 78.0 Å². The van der Waals surface area contributed by atoms with Gasteiger partial charge in [-0.2, -0.15) is 0 Å². The molecule has 3 rings (SSSR count). The second-order valence-corrected chi connectivity index (χ2v) is 6.80. The van der Waals surface area contributed by atoms with Gasteiger partial charge in [-0.05, 0) is 69.7 Å². The van der Waals surface area contributed by atoms with Crippen molar-refractivity contribution in [2.45, 2.75) is 46.5 Å². The van der Waals surface area contributed by atoms with E-state index >= 15 is 0 Å². The first kappa shape index (κ1) is 16.3. The molecule has 1 N–H and O–H groups in total. The van der Waals surface area contributed by atoms with E-state index < -0.39 is 0 Å². The molecule has 118 valence electrons. The van der Waals surface area contributed by atoms with Gasteiger partial charge in [-0.3, -0.25) is 0 Å². The van der Waals surface area contributed by atoms with Crippen LogP contribution in [0.1, 0.15) is 46.5 Å². The van der Waals surface area contributed by atoms with Gasteiger partial charge in [-0.15, -0.1) is 0 Å². The minimum Gasteiger partial charge on any atom is -0.317 e. The molecule has 3 heteroatoms. The van der Waals surface area contributed by atoms with Crippen LogP contribution in [0.15, 0.2) is 0 Å². The molecule has 20 heavy (non-hydrogen) atoms. The fraction of sp³-hybridized carbons (Fsp3) is 1.00. The first-order chi connectivity index (χ1) is 9.80. The largest absolute Gasteiger partial charge is 0.317 e. The second kappa shape index (κ2) is 7.77.